The summed E-state index contributed by atoms with van der Waals surface area (Å²) in [5.41, 5.74) is 7.93. The minimum Gasteiger partial charge on any atom is -0.487 e. The maximum Gasteiger partial charge on any atom is 0.251 e. The standard InChI is InChI=1S/C17H24N2O2/c1-12(2)11-21-16-9-8-13(10-15(16)18)17(20)19-14-6-4-3-5-7-14/h8-10,14H,1,3-7,11,18H2,2H3,(H,19,20). The molecule has 1 aliphatic rings. The van der Waals surface area contributed by atoms with Crippen LogP contribution >= 0.6 is 0 Å². The van der Waals surface area contributed by atoms with Crippen molar-refractivity contribution in [3.63, 3.8) is 0 Å². The first-order valence-electron chi connectivity index (χ1n) is 7.54. The summed E-state index contributed by atoms with van der Waals surface area (Å²) in [5.74, 6) is 0.535. The average molecular weight is 288 g/mol. The van der Waals surface area contributed by atoms with E-state index in [9.17, 15) is 4.79 Å². The van der Waals surface area contributed by atoms with Crippen molar-refractivity contribution in [1.82, 2.24) is 5.32 Å². The number of rotatable bonds is 5. The van der Waals surface area contributed by atoms with Gasteiger partial charge in [0.25, 0.3) is 5.91 Å². The van der Waals surface area contributed by atoms with E-state index in [1.807, 2.05) is 6.92 Å². The molecule has 0 spiro atoms. The van der Waals surface area contributed by atoms with Crippen LogP contribution in [0.5, 0.6) is 5.75 Å². The van der Waals surface area contributed by atoms with Gasteiger partial charge >= 0.3 is 0 Å². The molecule has 4 nitrogen and oxygen atoms in total. The molecule has 0 aliphatic heterocycles. The van der Waals surface area contributed by atoms with E-state index in [1.54, 1.807) is 18.2 Å². The molecular formula is C17H24N2O2. The number of hydrogen-bond donors (Lipinski definition) is 2. The maximum atomic E-state index is 12.2. The lowest BCUT2D eigenvalue weighted by Gasteiger charge is -2.22. The molecule has 0 atom stereocenters. The van der Waals surface area contributed by atoms with Gasteiger partial charge in [0.1, 0.15) is 12.4 Å². The molecule has 0 unspecified atom stereocenters. The van der Waals surface area contributed by atoms with Gasteiger partial charge in [-0.25, -0.2) is 0 Å². The Morgan fingerprint density at radius 2 is 2.10 bits per heavy atom. The van der Waals surface area contributed by atoms with Crippen LogP contribution in [-0.2, 0) is 0 Å². The Morgan fingerprint density at radius 1 is 1.38 bits per heavy atom. The van der Waals surface area contributed by atoms with Crippen LogP contribution in [-0.4, -0.2) is 18.6 Å². The van der Waals surface area contributed by atoms with E-state index in [0.29, 0.717) is 29.6 Å². The van der Waals surface area contributed by atoms with Gasteiger partial charge in [0.05, 0.1) is 5.69 Å². The highest BCUT2D eigenvalue weighted by Crippen LogP contribution is 2.23. The third-order valence-corrected chi connectivity index (χ3v) is 3.69. The van der Waals surface area contributed by atoms with E-state index in [0.717, 1.165) is 18.4 Å². The molecule has 3 N–H and O–H groups in total. The van der Waals surface area contributed by atoms with E-state index in [4.69, 9.17) is 10.5 Å². The number of nitrogens with one attached hydrogen (secondary N) is 1. The second kappa shape index (κ2) is 7.16. The summed E-state index contributed by atoms with van der Waals surface area (Å²) in [5, 5.41) is 3.08. The monoisotopic (exact) mass is 288 g/mol. The molecule has 0 aromatic heterocycles. The molecule has 0 bridgehead atoms. The highest BCUT2D eigenvalue weighted by atomic mass is 16.5. The molecule has 4 heteroatoms. The second-order valence-corrected chi connectivity index (χ2v) is 5.81. The molecule has 1 aliphatic carbocycles. The number of anilines is 1. The number of nitrogen functional groups attached to an aromatic ring is 1. The summed E-state index contributed by atoms with van der Waals surface area (Å²) in [7, 11) is 0. The van der Waals surface area contributed by atoms with Crippen molar-refractivity contribution in [2.75, 3.05) is 12.3 Å². The SMILES string of the molecule is C=C(C)COc1ccc(C(=O)NC2CCCCC2)cc1N. The van der Waals surface area contributed by atoms with E-state index >= 15 is 0 Å². The fourth-order valence-corrected chi connectivity index (χ4v) is 2.54. The molecular weight excluding hydrogens is 264 g/mol. The van der Waals surface area contributed by atoms with Crippen molar-refractivity contribution in [2.45, 2.75) is 45.1 Å². The van der Waals surface area contributed by atoms with E-state index in [1.165, 1.54) is 19.3 Å². The van der Waals surface area contributed by atoms with Crippen molar-refractivity contribution in [3.8, 4) is 5.75 Å². The third kappa shape index (κ3) is 4.52. The summed E-state index contributed by atoms with van der Waals surface area (Å²) in [6.45, 7) is 6.10. The minimum atomic E-state index is -0.0555. The highest BCUT2D eigenvalue weighted by molar-refractivity contribution is 5.95. The zero-order valence-corrected chi connectivity index (χ0v) is 12.7. The minimum absolute atomic E-state index is 0.0555. The molecule has 1 aromatic carbocycles. The van der Waals surface area contributed by atoms with Crippen molar-refractivity contribution in [1.29, 1.82) is 0 Å². The predicted molar refractivity (Wildman–Crippen MR) is 85.5 cm³/mol. The first-order chi connectivity index (χ1) is 10.1. The lowest BCUT2D eigenvalue weighted by Crippen LogP contribution is -2.36. The lowest BCUT2D eigenvalue weighted by molar-refractivity contribution is 0.0927. The van der Waals surface area contributed by atoms with Gasteiger partial charge in [-0.1, -0.05) is 25.8 Å². The summed E-state index contributed by atoms with van der Waals surface area (Å²) in [6.07, 6.45) is 5.80. The molecule has 0 saturated heterocycles. The number of benzene rings is 1. The van der Waals surface area contributed by atoms with Crippen LogP contribution in [0.1, 0.15) is 49.4 Å². The number of carbonyl (C=O) groups excluding carboxylic acids is 1. The van der Waals surface area contributed by atoms with Gasteiger partial charge in [0.2, 0.25) is 0 Å². The van der Waals surface area contributed by atoms with Crippen molar-refractivity contribution in [3.05, 3.63) is 35.9 Å². The Morgan fingerprint density at radius 3 is 2.71 bits per heavy atom. The number of hydrogen-bond acceptors (Lipinski definition) is 3. The zero-order valence-electron chi connectivity index (χ0n) is 12.7. The second-order valence-electron chi connectivity index (χ2n) is 5.81. The number of amides is 1. The quantitative estimate of drug-likeness (QED) is 0.645. The Kier molecular flexibility index (Phi) is 5.26. The normalized spacial score (nSPS) is 15.5. The fraction of sp³-hybridized carbons (Fsp3) is 0.471. The Labute approximate surface area is 126 Å². The van der Waals surface area contributed by atoms with Crippen LogP contribution in [0.15, 0.2) is 30.4 Å². The average Bonchev–Trinajstić information content (AvgIpc) is 2.46. The molecule has 0 heterocycles. The van der Waals surface area contributed by atoms with Crippen LogP contribution in [0, 0.1) is 0 Å². The molecule has 1 aromatic rings. The van der Waals surface area contributed by atoms with Crippen LogP contribution in [0.3, 0.4) is 0 Å². The van der Waals surface area contributed by atoms with Crippen molar-refractivity contribution < 1.29 is 9.53 Å². The molecule has 1 saturated carbocycles. The fourth-order valence-electron chi connectivity index (χ4n) is 2.54. The molecule has 1 amide bonds. The molecule has 1 fully saturated rings. The molecule has 0 radical (unpaired) electrons. The Bertz CT molecular complexity index is 520. The third-order valence-electron chi connectivity index (χ3n) is 3.69. The van der Waals surface area contributed by atoms with Gasteiger partial charge in [-0.2, -0.15) is 0 Å². The highest BCUT2D eigenvalue weighted by Gasteiger charge is 2.17. The topological polar surface area (TPSA) is 64.3 Å². The number of ether oxygens (including phenoxy) is 1. The van der Waals surface area contributed by atoms with Crippen LogP contribution in [0.25, 0.3) is 0 Å². The van der Waals surface area contributed by atoms with Gasteiger partial charge < -0.3 is 15.8 Å². The van der Waals surface area contributed by atoms with Gasteiger partial charge in [-0.05, 0) is 43.5 Å². The van der Waals surface area contributed by atoms with Gasteiger partial charge in [0.15, 0.2) is 0 Å². The number of carbonyl (C=O) groups is 1. The maximum absolute atomic E-state index is 12.2. The summed E-state index contributed by atoms with van der Waals surface area (Å²) in [6, 6.07) is 5.47. The van der Waals surface area contributed by atoms with Crippen molar-refractivity contribution >= 4 is 11.6 Å². The lowest BCUT2D eigenvalue weighted by atomic mass is 9.95. The molecule has 2 rings (SSSR count). The van der Waals surface area contributed by atoms with Gasteiger partial charge in [-0.3, -0.25) is 4.79 Å². The largest absolute Gasteiger partial charge is 0.487 e. The van der Waals surface area contributed by atoms with Crippen molar-refractivity contribution in [2.24, 2.45) is 0 Å². The first kappa shape index (κ1) is 15.4. The van der Waals surface area contributed by atoms with E-state index < -0.39 is 0 Å². The summed E-state index contributed by atoms with van der Waals surface area (Å²) >= 11 is 0. The van der Waals surface area contributed by atoms with Crippen LogP contribution in [0.2, 0.25) is 0 Å². The number of nitrogens with two attached hydrogens (primary N) is 1. The zero-order chi connectivity index (χ0) is 15.2. The van der Waals surface area contributed by atoms with E-state index in [2.05, 4.69) is 11.9 Å². The van der Waals surface area contributed by atoms with Crippen LogP contribution < -0.4 is 15.8 Å². The van der Waals surface area contributed by atoms with E-state index in [-0.39, 0.29) is 5.91 Å². The smallest absolute Gasteiger partial charge is 0.251 e. The first-order valence-corrected chi connectivity index (χ1v) is 7.54. The molecule has 114 valence electrons. The Balaban J connectivity index is 1.97. The Hall–Kier alpha value is -1.97. The summed E-state index contributed by atoms with van der Waals surface area (Å²) < 4.78 is 5.53. The van der Waals surface area contributed by atoms with Gasteiger partial charge in [0, 0.05) is 11.6 Å². The molecule has 21 heavy (non-hydrogen) atoms. The van der Waals surface area contributed by atoms with Gasteiger partial charge in [-0.15, -0.1) is 0 Å². The predicted octanol–water partition coefficient (Wildman–Crippen LogP) is 3.29. The van der Waals surface area contributed by atoms with Crippen LogP contribution in [0.4, 0.5) is 5.69 Å². The summed E-state index contributed by atoms with van der Waals surface area (Å²) in [4.78, 5) is 12.2.